The number of carbonyl (C=O) groups is 1. The highest BCUT2D eigenvalue weighted by molar-refractivity contribution is 6.19. The Morgan fingerprint density at radius 2 is 1.95 bits per heavy atom. The zero-order valence-corrected chi connectivity index (χ0v) is 11.0. The van der Waals surface area contributed by atoms with E-state index in [1.54, 1.807) is 18.2 Å². The quantitative estimate of drug-likeness (QED) is 0.849. The van der Waals surface area contributed by atoms with Crippen LogP contribution in [0.4, 0.5) is 10.1 Å². The van der Waals surface area contributed by atoms with Crippen molar-refractivity contribution in [3.63, 3.8) is 0 Å². The van der Waals surface area contributed by atoms with Crippen LogP contribution in [0.2, 0.25) is 0 Å². The molecule has 0 saturated carbocycles. The van der Waals surface area contributed by atoms with E-state index in [0.717, 1.165) is 11.1 Å². The molecule has 2 aromatic rings. The molecule has 0 spiro atoms. The van der Waals surface area contributed by atoms with Gasteiger partial charge < -0.3 is 5.32 Å². The minimum absolute atomic E-state index is 0.00258. The number of hydrogen-bond donors (Lipinski definition) is 1. The fourth-order valence-electron chi connectivity index (χ4n) is 2.27. The maximum absolute atomic E-state index is 14.0. The van der Waals surface area contributed by atoms with E-state index in [4.69, 9.17) is 0 Å². The maximum atomic E-state index is 14.0. The van der Waals surface area contributed by atoms with Crippen molar-refractivity contribution in [2.45, 2.75) is 6.92 Å². The number of fused-ring (bicyclic) bond motifs is 1. The molecule has 0 bridgehead atoms. The van der Waals surface area contributed by atoms with Gasteiger partial charge in [0.25, 0.3) is 0 Å². The average Bonchev–Trinajstić information content (AvgIpc) is 2.58. The summed E-state index contributed by atoms with van der Waals surface area (Å²) in [5.74, 6) is -0.533. The number of rotatable bonds is 1. The van der Waals surface area contributed by atoms with Crippen LogP contribution in [0, 0.1) is 12.7 Å². The first kappa shape index (κ1) is 12.5. The summed E-state index contributed by atoms with van der Waals surface area (Å²) >= 11 is 0. The first-order valence-electron chi connectivity index (χ1n) is 6.35. The van der Waals surface area contributed by atoms with Gasteiger partial charge in [-0.2, -0.15) is 0 Å². The fraction of sp³-hybridized carbons (Fsp3) is 0.125. The maximum Gasteiger partial charge on any atom is 0.246 e. The zero-order chi connectivity index (χ0) is 14.1. The molecule has 0 aliphatic carbocycles. The van der Waals surface area contributed by atoms with Crippen LogP contribution in [0.1, 0.15) is 16.7 Å². The lowest BCUT2D eigenvalue weighted by atomic mass is 9.98. The number of carbonyl (C=O) groups excluding carboxylic acids is 1. The van der Waals surface area contributed by atoms with E-state index < -0.39 is 0 Å². The SMILES string of the molecule is Cc1ccc2c(c1)C(c1ccccc1F)=NCC(=O)N2. The van der Waals surface area contributed by atoms with Crippen LogP contribution < -0.4 is 5.32 Å². The normalized spacial score (nSPS) is 14.1. The van der Waals surface area contributed by atoms with Gasteiger partial charge in [-0.1, -0.05) is 23.8 Å². The number of anilines is 1. The van der Waals surface area contributed by atoms with Crippen molar-refractivity contribution in [3.05, 3.63) is 65.0 Å². The van der Waals surface area contributed by atoms with Crippen molar-refractivity contribution in [3.8, 4) is 0 Å². The predicted molar refractivity (Wildman–Crippen MR) is 76.7 cm³/mol. The number of nitrogens with zero attached hydrogens (tertiary/aromatic N) is 1. The van der Waals surface area contributed by atoms with Crippen LogP contribution in [0.3, 0.4) is 0 Å². The molecule has 0 fully saturated rings. The summed E-state index contributed by atoms with van der Waals surface area (Å²) < 4.78 is 14.0. The standard InChI is InChI=1S/C16H13FN2O/c1-10-6-7-14-12(8-10)16(18-9-15(20)19-14)11-4-2-3-5-13(11)17/h2-8H,9H2,1H3,(H,19,20). The second-order valence-electron chi connectivity index (χ2n) is 4.74. The molecule has 0 aromatic heterocycles. The summed E-state index contributed by atoms with van der Waals surface area (Å²) in [4.78, 5) is 16.0. The van der Waals surface area contributed by atoms with Gasteiger partial charge in [0.2, 0.25) is 5.91 Å². The van der Waals surface area contributed by atoms with Crippen LogP contribution in [0.15, 0.2) is 47.5 Å². The van der Waals surface area contributed by atoms with Crippen molar-refractivity contribution in [1.82, 2.24) is 0 Å². The molecule has 1 N–H and O–H groups in total. The summed E-state index contributed by atoms with van der Waals surface area (Å²) in [6.45, 7) is 1.95. The van der Waals surface area contributed by atoms with Gasteiger partial charge in [0.15, 0.2) is 0 Å². The number of hydrogen-bond acceptors (Lipinski definition) is 2. The van der Waals surface area contributed by atoms with E-state index in [1.807, 2.05) is 25.1 Å². The topological polar surface area (TPSA) is 41.5 Å². The molecule has 2 aromatic carbocycles. The third kappa shape index (κ3) is 2.20. The summed E-state index contributed by atoms with van der Waals surface area (Å²) in [6.07, 6.45) is 0. The lowest BCUT2D eigenvalue weighted by Gasteiger charge is -2.11. The largest absolute Gasteiger partial charge is 0.324 e. The van der Waals surface area contributed by atoms with Gasteiger partial charge in [-0.25, -0.2) is 4.39 Å². The molecule has 0 unspecified atom stereocenters. The number of aryl methyl sites for hydroxylation is 1. The lowest BCUT2D eigenvalue weighted by molar-refractivity contribution is -0.114. The van der Waals surface area contributed by atoms with E-state index in [9.17, 15) is 9.18 Å². The van der Waals surface area contributed by atoms with Crippen LogP contribution >= 0.6 is 0 Å². The Bertz CT molecular complexity index is 722. The molecule has 1 aliphatic heterocycles. The van der Waals surface area contributed by atoms with Crippen molar-refractivity contribution in [2.24, 2.45) is 4.99 Å². The Hall–Kier alpha value is -2.49. The molecule has 1 heterocycles. The van der Waals surface area contributed by atoms with Crippen molar-refractivity contribution >= 4 is 17.3 Å². The first-order chi connectivity index (χ1) is 9.65. The van der Waals surface area contributed by atoms with Crippen LogP contribution in [0.5, 0.6) is 0 Å². The van der Waals surface area contributed by atoms with E-state index >= 15 is 0 Å². The van der Waals surface area contributed by atoms with Gasteiger partial charge in [-0.3, -0.25) is 9.79 Å². The van der Waals surface area contributed by atoms with E-state index in [0.29, 0.717) is 17.0 Å². The number of nitrogens with one attached hydrogen (secondary N) is 1. The molecule has 100 valence electrons. The smallest absolute Gasteiger partial charge is 0.246 e. The molecule has 20 heavy (non-hydrogen) atoms. The molecule has 3 nitrogen and oxygen atoms in total. The van der Waals surface area contributed by atoms with Gasteiger partial charge in [0.1, 0.15) is 12.4 Å². The number of halogens is 1. The summed E-state index contributed by atoms with van der Waals surface area (Å²) in [5, 5.41) is 2.79. The van der Waals surface area contributed by atoms with Gasteiger partial charge >= 0.3 is 0 Å². The Labute approximate surface area is 116 Å². The minimum Gasteiger partial charge on any atom is -0.324 e. The summed E-state index contributed by atoms with van der Waals surface area (Å²) in [6, 6.07) is 12.1. The van der Waals surface area contributed by atoms with Crippen LogP contribution in [0.25, 0.3) is 0 Å². The van der Waals surface area contributed by atoms with Crippen LogP contribution in [-0.4, -0.2) is 18.2 Å². The highest BCUT2D eigenvalue weighted by atomic mass is 19.1. The zero-order valence-electron chi connectivity index (χ0n) is 11.0. The number of amides is 1. The van der Waals surface area contributed by atoms with Gasteiger partial charge in [-0.05, 0) is 31.2 Å². The monoisotopic (exact) mass is 268 g/mol. The molecule has 4 heteroatoms. The molecule has 3 rings (SSSR count). The molecular formula is C16H13FN2O. The average molecular weight is 268 g/mol. The van der Waals surface area contributed by atoms with Crippen molar-refractivity contribution in [1.29, 1.82) is 0 Å². The molecular weight excluding hydrogens is 255 g/mol. The van der Waals surface area contributed by atoms with Gasteiger partial charge in [0.05, 0.1) is 11.4 Å². The first-order valence-corrected chi connectivity index (χ1v) is 6.35. The molecule has 1 aliphatic rings. The Balaban J connectivity index is 2.23. The molecule has 0 saturated heterocycles. The molecule has 0 atom stereocenters. The Kier molecular flexibility index (Phi) is 3.06. The predicted octanol–water partition coefficient (Wildman–Crippen LogP) is 2.92. The second kappa shape index (κ2) is 4.89. The minimum atomic E-state index is -0.340. The van der Waals surface area contributed by atoms with Gasteiger partial charge in [-0.15, -0.1) is 0 Å². The van der Waals surface area contributed by atoms with Crippen molar-refractivity contribution < 1.29 is 9.18 Å². The lowest BCUT2D eigenvalue weighted by Crippen LogP contribution is -2.13. The van der Waals surface area contributed by atoms with Gasteiger partial charge in [0, 0.05) is 11.1 Å². The number of aliphatic imine (C=N–C) groups is 1. The van der Waals surface area contributed by atoms with Crippen molar-refractivity contribution in [2.75, 3.05) is 11.9 Å². The van der Waals surface area contributed by atoms with Crippen LogP contribution in [-0.2, 0) is 4.79 Å². The number of benzodiazepines with no additional fused rings is 1. The van der Waals surface area contributed by atoms with E-state index in [1.165, 1.54) is 6.07 Å². The highest BCUT2D eigenvalue weighted by Gasteiger charge is 2.19. The number of benzene rings is 2. The third-order valence-electron chi connectivity index (χ3n) is 3.21. The Morgan fingerprint density at radius 1 is 1.15 bits per heavy atom. The summed E-state index contributed by atoms with van der Waals surface area (Å²) in [7, 11) is 0. The highest BCUT2D eigenvalue weighted by Crippen LogP contribution is 2.24. The summed E-state index contributed by atoms with van der Waals surface area (Å²) in [5.41, 5.74) is 3.38. The Morgan fingerprint density at radius 3 is 2.75 bits per heavy atom. The second-order valence-corrected chi connectivity index (χ2v) is 4.74. The van der Waals surface area contributed by atoms with E-state index in [2.05, 4.69) is 10.3 Å². The molecule has 1 amide bonds. The third-order valence-corrected chi connectivity index (χ3v) is 3.21. The molecule has 0 radical (unpaired) electrons. The van der Waals surface area contributed by atoms with E-state index in [-0.39, 0.29) is 18.3 Å². The fourth-order valence-corrected chi connectivity index (χ4v) is 2.27.